The van der Waals surface area contributed by atoms with E-state index < -0.39 is 41.5 Å². The first kappa shape index (κ1) is 30.0. The lowest BCUT2D eigenvalue weighted by atomic mass is 9.87. The van der Waals surface area contributed by atoms with Crippen LogP contribution in [0.5, 0.6) is 0 Å². The summed E-state index contributed by atoms with van der Waals surface area (Å²) in [5, 5.41) is 5.92. The topological polar surface area (TPSA) is 131 Å². The molecule has 1 aliphatic carbocycles. The summed E-state index contributed by atoms with van der Waals surface area (Å²) in [6.07, 6.45) is 1.32. The molecule has 2 unspecified atom stereocenters. The molecule has 10 heteroatoms. The molecule has 0 bridgehead atoms. The Kier molecular flexibility index (Phi) is 9.97. The Morgan fingerprint density at radius 1 is 1.08 bits per heavy atom. The molecule has 0 aliphatic heterocycles. The molecule has 2 aromatic rings. The van der Waals surface area contributed by atoms with Crippen LogP contribution in [-0.2, 0) is 19.1 Å². The summed E-state index contributed by atoms with van der Waals surface area (Å²) >= 11 is 6.40. The number of carbonyl (C=O) groups is 4. The Bertz CT molecular complexity index is 1170. The van der Waals surface area contributed by atoms with E-state index in [1.807, 2.05) is 19.1 Å². The minimum Gasteiger partial charge on any atom is -0.444 e. The van der Waals surface area contributed by atoms with Crippen molar-refractivity contribution in [1.29, 1.82) is 0 Å². The first-order chi connectivity index (χ1) is 18.4. The van der Waals surface area contributed by atoms with E-state index in [0.29, 0.717) is 29.1 Å². The number of carbonyl (C=O) groups excluding carboxylic acids is 4. The van der Waals surface area contributed by atoms with Crippen molar-refractivity contribution in [3.8, 4) is 0 Å². The van der Waals surface area contributed by atoms with Gasteiger partial charge in [-0.05, 0) is 70.6 Å². The summed E-state index contributed by atoms with van der Waals surface area (Å²) < 4.78 is 5.37. The molecule has 2 aromatic carbocycles. The Hall–Kier alpha value is -3.59. The summed E-state index contributed by atoms with van der Waals surface area (Å²) in [4.78, 5) is 54.0. The van der Waals surface area contributed by atoms with Gasteiger partial charge in [-0.25, -0.2) is 4.79 Å². The van der Waals surface area contributed by atoms with Gasteiger partial charge in [0, 0.05) is 12.5 Å². The minimum atomic E-state index is -1.13. The van der Waals surface area contributed by atoms with Gasteiger partial charge in [-0.1, -0.05) is 54.1 Å². The van der Waals surface area contributed by atoms with Gasteiger partial charge >= 0.3 is 6.09 Å². The zero-order chi connectivity index (χ0) is 28.7. The standard InChI is InChI=1S/C29H37ClN4O5/c1-18-10-8-15-21(30)24(18)33-26(36)25(19-11-6-5-7-12-19)34(20-13-9-14-20)27(37)22(16-17-23(31)35)32-28(38)39-29(2,3)4/h5-8,10-12,15,20,22,25H,9,13-14,16-17H2,1-4H3,(H2,31,35)(H,32,38)(H,33,36). The van der Waals surface area contributed by atoms with Gasteiger partial charge in [0.1, 0.15) is 17.7 Å². The molecule has 3 rings (SSSR count). The van der Waals surface area contributed by atoms with Crippen LogP contribution in [0.2, 0.25) is 5.02 Å². The quantitative estimate of drug-likeness (QED) is 0.384. The lowest BCUT2D eigenvalue weighted by molar-refractivity contribution is -0.146. The van der Waals surface area contributed by atoms with Crippen molar-refractivity contribution in [3.05, 3.63) is 64.7 Å². The summed E-state index contributed by atoms with van der Waals surface area (Å²) in [6.45, 7) is 6.96. The number of alkyl carbamates (subject to hydrolysis) is 1. The second-order valence-electron chi connectivity index (χ2n) is 10.8. The number of anilines is 1. The number of hydrogen-bond donors (Lipinski definition) is 3. The number of nitrogens with two attached hydrogens (primary N) is 1. The summed E-state index contributed by atoms with van der Waals surface area (Å²) in [6, 6.07) is 11.9. The third-order valence-electron chi connectivity index (χ3n) is 6.50. The van der Waals surface area contributed by atoms with Crippen molar-refractivity contribution in [3.63, 3.8) is 0 Å². The molecule has 9 nitrogen and oxygen atoms in total. The van der Waals surface area contributed by atoms with Crippen LogP contribution in [0.25, 0.3) is 0 Å². The van der Waals surface area contributed by atoms with E-state index in [2.05, 4.69) is 10.6 Å². The predicted octanol–water partition coefficient (Wildman–Crippen LogP) is 4.87. The van der Waals surface area contributed by atoms with E-state index in [4.69, 9.17) is 22.1 Å². The first-order valence-electron chi connectivity index (χ1n) is 13.1. The highest BCUT2D eigenvalue weighted by Gasteiger charge is 2.42. The minimum absolute atomic E-state index is 0.0383. The van der Waals surface area contributed by atoms with E-state index in [1.165, 1.54) is 4.90 Å². The summed E-state index contributed by atoms with van der Waals surface area (Å²) in [5.74, 6) is -1.55. The highest BCUT2D eigenvalue weighted by atomic mass is 35.5. The van der Waals surface area contributed by atoms with Gasteiger partial charge in [0.05, 0.1) is 10.7 Å². The van der Waals surface area contributed by atoms with Gasteiger partial charge in [-0.15, -0.1) is 0 Å². The van der Waals surface area contributed by atoms with Crippen LogP contribution in [0.1, 0.15) is 70.0 Å². The molecule has 39 heavy (non-hydrogen) atoms. The van der Waals surface area contributed by atoms with Crippen LogP contribution in [0, 0.1) is 6.92 Å². The van der Waals surface area contributed by atoms with Crippen LogP contribution >= 0.6 is 11.6 Å². The van der Waals surface area contributed by atoms with Crippen molar-refractivity contribution >= 4 is 41.1 Å². The zero-order valence-electron chi connectivity index (χ0n) is 22.8. The normalized spacial score (nSPS) is 14.9. The average Bonchev–Trinajstić information content (AvgIpc) is 2.81. The largest absolute Gasteiger partial charge is 0.444 e. The van der Waals surface area contributed by atoms with Gasteiger partial charge in [0.25, 0.3) is 5.91 Å². The fraction of sp³-hybridized carbons (Fsp3) is 0.448. The highest BCUT2D eigenvalue weighted by Crippen LogP contribution is 2.35. The van der Waals surface area contributed by atoms with E-state index in [1.54, 1.807) is 57.2 Å². The van der Waals surface area contributed by atoms with Gasteiger partial charge < -0.3 is 26.0 Å². The second kappa shape index (κ2) is 13.0. The van der Waals surface area contributed by atoms with E-state index in [9.17, 15) is 19.2 Å². The maximum Gasteiger partial charge on any atom is 0.408 e. The zero-order valence-corrected chi connectivity index (χ0v) is 23.6. The van der Waals surface area contributed by atoms with Gasteiger partial charge in [-0.3, -0.25) is 14.4 Å². The lowest BCUT2D eigenvalue weighted by Gasteiger charge is -2.43. The molecule has 4 amide bonds. The third-order valence-corrected chi connectivity index (χ3v) is 6.82. The van der Waals surface area contributed by atoms with Crippen LogP contribution in [0.3, 0.4) is 0 Å². The number of amides is 4. The van der Waals surface area contributed by atoms with Crippen molar-refractivity contribution in [2.45, 2.75) is 83.5 Å². The average molecular weight is 557 g/mol. The van der Waals surface area contributed by atoms with E-state index in [0.717, 1.165) is 12.0 Å². The highest BCUT2D eigenvalue weighted by molar-refractivity contribution is 6.34. The number of primary amides is 1. The van der Waals surface area contributed by atoms with Crippen LogP contribution < -0.4 is 16.4 Å². The molecule has 0 saturated heterocycles. The molecule has 210 valence electrons. The second-order valence-corrected chi connectivity index (χ2v) is 11.2. The van der Waals surface area contributed by atoms with E-state index >= 15 is 0 Å². The number of nitrogens with zero attached hydrogens (tertiary/aromatic N) is 1. The number of para-hydroxylation sites is 1. The molecular weight excluding hydrogens is 520 g/mol. The molecule has 1 saturated carbocycles. The number of ether oxygens (including phenoxy) is 1. The van der Waals surface area contributed by atoms with Crippen molar-refractivity contribution in [2.75, 3.05) is 5.32 Å². The Morgan fingerprint density at radius 3 is 2.28 bits per heavy atom. The number of halogens is 1. The summed E-state index contributed by atoms with van der Waals surface area (Å²) in [5.41, 5.74) is 6.42. The fourth-order valence-electron chi connectivity index (χ4n) is 4.41. The van der Waals surface area contributed by atoms with Crippen LogP contribution in [0.4, 0.5) is 10.5 Å². The van der Waals surface area contributed by atoms with Crippen LogP contribution in [0.15, 0.2) is 48.5 Å². The number of rotatable bonds is 10. The van der Waals surface area contributed by atoms with Crippen LogP contribution in [-0.4, -0.2) is 46.4 Å². The number of hydrogen-bond acceptors (Lipinski definition) is 5. The molecular formula is C29H37ClN4O5. The Labute approximate surface area is 234 Å². The van der Waals surface area contributed by atoms with Gasteiger partial charge in [0.15, 0.2) is 0 Å². The maximum atomic E-state index is 14.2. The lowest BCUT2D eigenvalue weighted by Crippen LogP contribution is -2.57. The predicted molar refractivity (Wildman–Crippen MR) is 150 cm³/mol. The SMILES string of the molecule is Cc1cccc(Cl)c1NC(=O)C(c1ccccc1)N(C(=O)C(CCC(N)=O)NC(=O)OC(C)(C)C)C1CCC1. The molecule has 1 aliphatic rings. The summed E-state index contributed by atoms with van der Waals surface area (Å²) in [7, 11) is 0. The maximum absolute atomic E-state index is 14.2. The Morgan fingerprint density at radius 2 is 1.74 bits per heavy atom. The van der Waals surface area contributed by atoms with Crippen molar-refractivity contribution in [1.82, 2.24) is 10.2 Å². The molecule has 1 fully saturated rings. The van der Waals surface area contributed by atoms with Crippen molar-refractivity contribution in [2.24, 2.45) is 5.73 Å². The molecule has 2 atom stereocenters. The number of benzene rings is 2. The monoisotopic (exact) mass is 556 g/mol. The Balaban J connectivity index is 2.02. The number of nitrogens with one attached hydrogen (secondary N) is 2. The number of aryl methyl sites for hydroxylation is 1. The first-order valence-corrected chi connectivity index (χ1v) is 13.5. The van der Waals surface area contributed by atoms with Gasteiger partial charge in [-0.2, -0.15) is 0 Å². The molecule has 4 N–H and O–H groups in total. The van der Waals surface area contributed by atoms with Gasteiger partial charge in [0.2, 0.25) is 11.8 Å². The fourth-order valence-corrected chi connectivity index (χ4v) is 4.68. The molecule has 0 heterocycles. The van der Waals surface area contributed by atoms with Crippen molar-refractivity contribution < 1.29 is 23.9 Å². The smallest absolute Gasteiger partial charge is 0.408 e. The molecule has 0 aromatic heterocycles. The van der Waals surface area contributed by atoms with E-state index in [-0.39, 0.29) is 18.9 Å². The third kappa shape index (κ3) is 8.20. The molecule has 0 spiro atoms. The molecule has 0 radical (unpaired) electrons.